The molecule has 2 atom stereocenters. The van der Waals surface area contributed by atoms with Crippen LogP contribution in [0.2, 0.25) is 0 Å². The topological polar surface area (TPSA) is 49.8 Å². The van der Waals surface area contributed by atoms with Gasteiger partial charge >= 0.3 is 5.97 Å². The van der Waals surface area contributed by atoms with Gasteiger partial charge in [0, 0.05) is 19.6 Å². The Kier molecular flexibility index (Phi) is 3.99. The summed E-state index contributed by atoms with van der Waals surface area (Å²) in [6.45, 7) is 6.69. The molecular formula is C14H19NO3. The van der Waals surface area contributed by atoms with Crippen LogP contribution >= 0.6 is 0 Å². The zero-order chi connectivity index (χ0) is 13.1. The second-order valence-corrected chi connectivity index (χ2v) is 4.96. The average molecular weight is 249 g/mol. The van der Waals surface area contributed by atoms with Crippen molar-refractivity contribution in [2.45, 2.75) is 32.6 Å². The van der Waals surface area contributed by atoms with E-state index in [0.717, 1.165) is 25.2 Å². The molecule has 2 rings (SSSR count). The van der Waals surface area contributed by atoms with Gasteiger partial charge in [0.25, 0.3) is 0 Å². The molecule has 1 N–H and O–H groups in total. The summed E-state index contributed by atoms with van der Waals surface area (Å²) in [5.74, 6) is -0.874. The molecule has 1 aliphatic heterocycles. The molecule has 1 heterocycles. The summed E-state index contributed by atoms with van der Waals surface area (Å²) in [5, 5.41) is 8.97. The summed E-state index contributed by atoms with van der Waals surface area (Å²) in [6.07, 6.45) is 0.466. The smallest absolute Gasteiger partial charge is 0.335 e. The lowest BCUT2D eigenvalue weighted by molar-refractivity contribution is -0.0705. The number of carbonyl (C=O) groups is 1. The Balaban J connectivity index is 2.04. The summed E-state index contributed by atoms with van der Waals surface area (Å²) >= 11 is 0. The van der Waals surface area contributed by atoms with E-state index in [1.54, 1.807) is 18.2 Å². The molecule has 18 heavy (non-hydrogen) atoms. The summed E-state index contributed by atoms with van der Waals surface area (Å²) in [6, 6.07) is 7.13. The van der Waals surface area contributed by atoms with Crippen molar-refractivity contribution in [1.29, 1.82) is 0 Å². The van der Waals surface area contributed by atoms with E-state index in [1.807, 2.05) is 6.07 Å². The second-order valence-electron chi connectivity index (χ2n) is 4.96. The molecule has 1 aliphatic rings. The maximum atomic E-state index is 10.9. The van der Waals surface area contributed by atoms with Crippen molar-refractivity contribution >= 4 is 5.97 Å². The summed E-state index contributed by atoms with van der Waals surface area (Å²) < 4.78 is 5.68. The minimum absolute atomic E-state index is 0.233. The fourth-order valence-electron chi connectivity index (χ4n) is 2.47. The molecular weight excluding hydrogens is 230 g/mol. The molecule has 0 radical (unpaired) electrons. The highest BCUT2D eigenvalue weighted by Crippen LogP contribution is 2.15. The number of carboxylic acid groups (broad SMARTS) is 1. The van der Waals surface area contributed by atoms with Gasteiger partial charge in [-0.1, -0.05) is 12.1 Å². The molecule has 0 bridgehead atoms. The molecule has 0 unspecified atom stereocenters. The first-order chi connectivity index (χ1) is 8.54. The molecule has 4 nitrogen and oxygen atoms in total. The Morgan fingerprint density at radius 2 is 2.06 bits per heavy atom. The third-order valence-electron chi connectivity index (χ3n) is 3.08. The lowest BCUT2D eigenvalue weighted by Gasteiger charge is -2.35. The summed E-state index contributed by atoms with van der Waals surface area (Å²) in [7, 11) is 0. The van der Waals surface area contributed by atoms with E-state index in [1.165, 1.54) is 0 Å². The second kappa shape index (κ2) is 5.50. The fourth-order valence-corrected chi connectivity index (χ4v) is 2.47. The molecule has 4 heteroatoms. The first-order valence-electron chi connectivity index (χ1n) is 6.24. The quantitative estimate of drug-likeness (QED) is 0.890. The van der Waals surface area contributed by atoms with E-state index in [4.69, 9.17) is 9.84 Å². The number of carboxylic acids is 1. The average Bonchev–Trinajstić information content (AvgIpc) is 2.27. The van der Waals surface area contributed by atoms with Gasteiger partial charge in [-0.15, -0.1) is 0 Å². The van der Waals surface area contributed by atoms with Crippen LogP contribution in [0.1, 0.15) is 29.8 Å². The molecule has 0 amide bonds. The SMILES string of the molecule is C[C@@H]1CN(Cc2cccc(C(=O)O)c2)C[C@H](C)O1. The predicted molar refractivity (Wildman–Crippen MR) is 68.7 cm³/mol. The number of ether oxygens (including phenoxy) is 1. The maximum absolute atomic E-state index is 10.9. The van der Waals surface area contributed by atoms with Crippen molar-refractivity contribution in [2.24, 2.45) is 0 Å². The van der Waals surface area contributed by atoms with Crippen LogP contribution < -0.4 is 0 Å². The minimum Gasteiger partial charge on any atom is -0.478 e. The van der Waals surface area contributed by atoms with E-state index in [-0.39, 0.29) is 12.2 Å². The van der Waals surface area contributed by atoms with Crippen molar-refractivity contribution in [3.63, 3.8) is 0 Å². The van der Waals surface area contributed by atoms with E-state index in [2.05, 4.69) is 18.7 Å². The normalized spacial score (nSPS) is 25.0. The van der Waals surface area contributed by atoms with Crippen molar-refractivity contribution in [3.05, 3.63) is 35.4 Å². The number of hydrogen-bond acceptors (Lipinski definition) is 3. The highest BCUT2D eigenvalue weighted by molar-refractivity contribution is 5.87. The third-order valence-corrected chi connectivity index (χ3v) is 3.08. The highest BCUT2D eigenvalue weighted by Gasteiger charge is 2.22. The van der Waals surface area contributed by atoms with Crippen LogP contribution in [-0.2, 0) is 11.3 Å². The molecule has 0 aromatic heterocycles. The van der Waals surface area contributed by atoms with Gasteiger partial charge in [-0.3, -0.25) is 4.90 Å². The Hall–Kier alpha value is -1.39. The summed E-state index contributed by atoms with van der Waals surface area (Å²) in [4.78, 5) is 13.2. The van der Waals surface area contributed by atoms with Crippen LogP contribution in [0, 0.1) is 0 Å². The van der Waals surface area contributed by atoms with Crippen molar-refractivity contribution < 1.29 is 14.6 Å². The van der Waals surface area contributed by atoms with Gasteiger partial charge < -0.3 is 9.84 Å². The van der Waals surface area contributed by atoms with Crippen molar-refractivity contribution in [1.82, 2.24) is 4.90 Å². The van der Waals surface area contributed by atoms with Gasteiger partial charge in [-0.2, -0.15) is 0 Å². The number of nitrogens with zero attached hydrogens (tertiary/aromatic N) is 1. The van der Waals surface area contributed by atoms with E-state index >= 15 is 0 Å². The van der Waals surface area contributed by atoms with Gasteiger partial charge in [-0.25, -0.2) is 4.79 Å². The third kappa shape index (κ3) is 3.31. The number of hydrogen-bond donors (Lipinski definition) is 1. The number of rotatable bonds is 3. The van der Waals surface area contributed by atoms with Crippen LogP contribution in [0.4, 0.5) is 0 Å². The lowest BCUT2D eigenvalue weighted by Crippen LogP contribution is -2.44. The number of aromatic carboxylic acids is 1. The van der Waals surface area contributed by atoms with Crippen LogP contribution in [0.25, 0.3) is 0 Å². The number of benzene rings is 1. The van der Waals surface area contributed by atoms with Gasteiger partial charge in [0.15, 0.2) is 0 Å². The Bertz CT molecular complexity index is 423. The van der Waals surface area contributed by atoms with Crippen molar-refractivity contribution in [2.75, 3.05) is 13.1 Å². The Morgan fingerprint density at radius 3 is 2.67 bits per heavy atom. The van der Waals surface area contributed by atoms with E-state index in [9.17, 15) is 4.79 Å². The zero-order valence-corrected chi connectivity index (χ0v) is 10.8. The molecule has 1 saturated heterocycles. The van der Waals surface area contributed by atoms with Gasteiger partial charge in [0.2, 0.25) is 0 Å². The Morgan fingerprint density at radius 1 is 1.39 bits per heavy atom. The lowest BCUT2D eigenvalue weighted by atomic mass is 10.1. The van der Waals surface area contributed by atoms with Gasteiger partial charge in [0.05, 0.1) is 17.8 Å². The van der Waals surface area contributed by atoms with Gasteiger partial charge in [0.1, 0.15) is 0 Å². The molecule has 0 saturated carbocycles. The molecule has 1 fully saturated rings. The van der Waals surface area contributed by atoms with Crippen LogP contribution in [-0.4, -0.2) is 41.3 Å². The predicted octanol–water partition coefficient (Wildman–Crippen LogP) is 1.99. The van der Waals surface area contributed by atoms with E-state index < -0.39 is 5.97 Å². The summed E-state index contributed by atoms with van der Waals surface area (Å²) in [5.41, 5.74) is 1.39. The fraction of sp³-hybridized carbons (Fsp3) is 0.500. The van der Waals surface area contributed by atoms with Gasteiger partial charge in [-0.05, 0) is 31.5 Å². The minimum atomic E-state index is -0.874. The Labute approximate surface area is 107 Å². The first kappa shape index (κ1) is 13.1. The van der Waals surface area contributed by atoms with Crippen LogP contribution in [0.15, 0.2) is 24.3 Å². The largest absolute Gasteiger partial charge is 0.478 e. The number of morpholine rings is 1. The molecule has 1 aromatic carbocycles. The van der Waals surface area contributed by atoms with Crippen LogP contribution in [0.3, 0.4) is 0 Å². The maximum Gasteiger partial charge on any atom is 0.335 e. The molecule has 1 aromatic rings. The first-order valence-corrected chi connectivity index (χ1v) is 6.24. The zero-order valence-electron chi connectivity index (χ0n) is 10.8. The molecule has 98 valence electrons. The monoisotopic (exact) mass is 249 g/mol. The van der Waals surface area contributed by atoms with Crippen LogP contribution in [0.5, 0.6) is 0 Å². The standard InChI is InChI=1S/C14H19NO3/c1-10-7-15(8-11(2)18-10)9-12-4-3-5-13(6-12)14(16)17/h3-6,10-11H,7-9H2,1-2H3,(H,16,17)/t10-,11+. The highest BCUT2D eigenvalue weighted by atomic mass is 16.5. The molecule has 0 spiro atoms. The molecule has 0 aliphatic carbocycles. The van der Waals surface area contributed by atoms with E-state index in [0.29, 0.717) is 5.56 Å². The van der Waals surface area contributed by atoms with Crippen molar-refractivity contribution in [3.8, 4) is 0 Å².